The number of anilines is 1. The van der Waals surface area contributed by atoms with Gasteiger partial charge in [0.1, 0.15) is 5.82 Å². The number of nitrogens with zero attached hydrogens (tertiary/aromatic N) is 1. The lowest BCUT2D eigenvalue weighted by molar-refractivity contribution is 0.178. The van der Waals surface area contributed by atoms with Crippen molar-refractivity contribution < 1.29 is 5.11 Å². The second-order valence-electron chi connectivity index (χ2n) is 3.82. The predicted molar refractivity (Wildman–Crippen MR) is 68.8 cm³/mol. The average molecular weight is 249 g/mol. The monoisotopic (exact) mass is 248 g/mol. The van der Waals surface area contributed by atoms with Crippen LogP contribution in [0.2, 0.25) is 5.02 Å². The number of aliphatic hydroxyl groups excluding tert-OH is 1. The Morgan fingerprint density at radius 2 is 2.12 bits per heavy atom. The molecule has 0 saturated heterocycles. The molecule has 0 bridgehead atoms. The van der Waals surface area contributed by atoms with Crippen LogP contribution in [0.3, 0.4) is 0 Å². The molecule has 88 valence electrons. The smallest absolute Gasteiger partial charge is 0.126 e. The van der Waals surface area contributed by atoms with Gasteiger partial charge < -0.3 is 10.8 Å². The molecule has 0 aliphatic heterocycles. The van der Waals surface area contributed by atoms with Crippen molar-refractivity contribution in [1.82, 2.24) is 4.98 Å². The number of rotatable bonds is 3. The Morgan fingerprint density at radius 1 is 1.29 bits per heavy atom. The minimum atomic E-state index is -0.625. The van der Waals surface area contributed by atoms with Gasteiger partial charge in [0.15, 0.2) is 0 Å². The maximum atomic E-state index is 10.1. The van der Waals surface area contributed by atoms with E-state index < -0.39 is 6.10 Å². The number of hydrogen-bond donors (Lipinski definition) is 2. The predicted octanol–water partition coefficient (Wildman–Crippen LogP) is 2.59. The number of pyridine rings is 1. The second-order valence-corrected chi connectivity index (χ2v) is 4.26. The fraction of sp³-hybridized carbons (Fsp3) is 0.154. The van der Waals surface area contributed by atoms with E-state index in [2.05, 4.69) is 4.98 Å². The van der Waals surface area contributed by atoms with Gasteiger partial charge in [-0.05, 0) is 29.3 Å². The Morgan fingerprint density at radius 3 is 2.82 bits per heavy atom. The third-order valence-electron chi connectivity index (χ3n) is 2.57. The number of aromatic nitrogens is 1. The van der Waals surface area contributed by atoms with Gasteiger partial charge >= 0.3 is 0 Å². The summed E-state index contributed by atoms with van der Waals surface area (Å²) in [6.07, 6.45) is 1.44. The zero-order valence-corrected chi connectivity index (χ0v) is 9.93. The first-order chi connectivity index (χ1) is 8.16. The summed E-state index contributed by atoms with van der Waals surface area (Å²) in [6.45, 7) is 0. The zero-order valence-electron chi connectivity index (χ0n) is 9.18. The van der Waals surface area contributed by atoms with Crippen LogP contribution in [0.4, 0.5) is 5.82 Å². The van der Waals surface area contributed by atoms with Gasteiger partial charge in [0.05, 0.1) is 6.10 Å². The minimum Gasteiger partial charge on any atom is -0.388 e. The number of benzene rings is 1. The van der Waals surface area contributed by atoms with Crippen LogP contribution in [0.1, 0.15) is 17.2 Å². The summed E-state index contributed by atoms with van der Waals surface area (Å²) in [6, 6.07) is 10.8. The van der Waals surface area contributed by atoms with Crippen molar-refractivity contribution in [2.24, 2.45) is 0 Å². The molecule has 3 nitrogen and oxygen atoms in total. The van der Waals surface area contributed by atoms with Crippen molar-refractivity contribution in [2.75, 3.05) is 5.73 Å². The van der Waals surface area contributed by atoms with Gasteiger partial charge in [-0.1, -0.05) is 29.8 Å². The summed E-state index contributed by atoms with van der Waals surface area (Å²) in [7, 11) is 0. The van der Waals surface area contributed by atoms with Crippen LogP contribution in [0, 0.1) is 0 Å². The van der Waals surface area contributed by atoms with Gasteiger partial charge in [-0.25, -0.2) is 4.98 Å². The molecule has 0 amide bonds. The van der Waals surface area contributed by atoms with Crippen LogP contribution in [0.15, 0.2) is 42.6 Å². The summed E-state index contributed by atoms with van der Waals surface area (Å²) in [4.78, 5) is 3.98. The molecule has 4 heteroatoms. The lowest BCUT2D eigenvalue weighted by Crippen LogP contribution is -2.05. The highest BCUT2D eigenvalue weighted by Gasteiger charge is 2.11. The first-order valence-corrected chi connectivity index (χ1v) is 5.67. The molecule has 0 spiro atoms. The fourth-order valence-corrected chi connectivity index (χ4v) is 1.86. The van der Waals surface area contributed by atoms with E-state index in [1.165, 1.54) is 0 Å². The number of aliphatic hydroxyl groups is 1. The molecule has 2 rings (SSSR count). The van der Waals surface area contributed by atoms with Crippen LogP contribution in [0.5, 0.6) is 0 Å². The summed E-state index contributed by atoms with van der Waals surface area (Å²) >= 11 is 5.88. The van der Waals surface area contributed by atoms with E-state index in [1.807, 2.05) is 18.2 Å². The van der Waals surface area contributed by atoms with Crippen LogP contribution < -0.4 is 5.73 Å². The standard InChI is InChI=1S/C13H13ClN2O/c14-11-5-1-3-9(7-11)12(17)8-10-4-2-6-16-13(10)15/h1-7,12,17H,8H2,(H2,15,16). The maximum absolute atomic E-state index is 10.1. The van der Waals surface area contributed by atoms with Gasteiger partial charge in [0.25, 0.3) is 0 Å². The summed E-state index contributed by atoms with van der Waals surface area (Å²) in [5.74, 6) is 0.452. The third-order valence-corrected chi connectivity index (χ3v) is 2.81. The molecule has 17 heavy (non-hydrogen) atoms. The first kappa shape index (κ1) is 11.9. The highest BCUT2D eigenvalue weighted by Crippen LogP contribution is 2.22. The van der Waals surface area contributed by atoms with Crippen molar-refractivity contribution in [2.45, 2.75) is 12.5 Å². The molecule has 0 aliphatic rings. The Kier molecular flexibility index (Phi) is 3.61. The summed E-state index contributed by atoms with van der Waals surface area (Å²) in [5.41, 5.74) is 7.34. The van der Waals surface area contributed by atoms with Crippen molar-refractivity contribution in [3.63, 3.8) is 0 Å². The summed E-state index contributed by atoms with van der Waals surface area (Å²) in [5, 5.41) is 10.7. The molecular formula is C13H13ClN2O. The van der Waals surface area contributed by atoms with Gasteiger partial charge in [0.2, 0.25) is 0 Å². The quantitative estimate of drug-likeness (QED) is 0.878. The Balaban J connectivity index is 2.17. The second kappa shape index (κ2) is 5.17. The van der Waals surface area contributed by atoms with Crippen LogP contribution in [0.25, 0.3) is 0 Å². The number of halogens is 1. The van der Waals surface area contributed by atoms with Crippen LogP contribution in [-0.4, -0.2) is 10.1 Å². The van der Waals surface area contributed by atoms with Crippen molar-refractivity contribution in [3.05, 3.63) is 58.7 Å². The van der Waals surface area contributed by atoms with E-state index in [0.29, 0.717) is 17.3 Å². The fourth-order valence-electron chi connectivity index (χ4n) is 1.66. The van der Waals surface area contributed by atoms with Crippen molar-refractivity contribution in [1.29, 1.82) is 0 Å². The van der Waals surface area contributed by atoms with E-state index in [-0.39, 0.29) is 0 Å². The lowest BCUT2D eigenvalue weighted by Gasteiger charge is -2.12. The van der Waals surface area contributed by atoms with E-state index >= 15 is 0 Å². The first-order valence-electron chi connectivity index (χ1n) is 5.29. The lowest BCUT2D eigenvalue weighted by atomic mass is 10.0. The number of nitrogens with two attached hydrogens (primary N) is 1. The third kappa shape index (κ3) is 2.96. The maximum Gasteiger partial charge on any atom is 0.126 e. The van der Waals surface area contributed by atoms with Crippen molar-refractivity contribution >= 4 is 17.4 Å². The normalized spacial score (nSPS) is 12.4. The molecule has 0 radical (unpaired) electrons. The van der Waals surface area contributed by atoms with Crippen LogP contribution >= 0.6 is 11.6 Å². The molecular weight excluding hydrogens is 236 g/mol. The average Bonchev–Trinajstić information content (AvgIpc) is 2.32. The van der Waals surface area contributed by atoms with E-state index in [9.17, 15) is 5.11 Å². The van der Waals surface area contributed by atoms with Gasteiger partial charge in [-0.15, -0.1) is 0 Å². The Labute approximate surface area is 105 Å². The molecule has 1 aromatic heterocycles. The number of hydrogen-bond acceptors (Lipinski definition) is 3. The minimum absolute atomic E-state index is 0.431. The van der Waals surface area contributed by atoms with Gasteiger partial charge in [0, 0.05) is 17.6 Å². The van der Waals surface area contributed by atoms with Gasteiger partial charge in [-0.3, -0.25) is 0 Å². The topological polar surface area (TPSA) is 59.1 Å². The molecule has 2 aromatic rings. The van der Waals surface area contributed by atoms with E-state index in [4.69, 9.17) is 17.3 Å². The molecule has 0 fully saturated rings. The SMILES string of the molecule is Nc1ncccc1CC(O)c1cccc(Cl)c1. The van der Waals surface area contributed by atoms with E-state index in [1.54, 1.807) is 24.4 Å². The molecule has 0 saturated carbocycles. The molecule has 0 aliphatic carbocycles. The highest BCUT2D eigenvalue weighted by atomic mass is 35.5. The molecule has 1 aromatic carbocycles. The highest BCUT2D eigenvalue weighted by molar-refractivity contribution is 6.30. The zero-order chi connectivity index (χ0) is 12.3. The Hall–Kier alpha value is -1.58. The van der Waals surface area contributed by atoms with Crippen molar-refractivity contribution in [3.8, 4) is 0 Å². The van der Waals surface area contributed by atoms with Gasteiger partial charge in [-0.2, -0.15) is 0 Å². The van der Waals surface area contributed by atoms with E-state index in [0.717, 1.165) is 11.1 Å². The number of nitrogen functional groups attached to an aromatic ring is 1. The molecule has 3 N–H and O–H groups in total. The summed E-state index contributed by atoms with van der Waals surface area (Å²) < 4.78 is 0. The van der Waals surface area contributed by atoms with Crippen LogP contribution in [-0.2, 0) is 6.42 Å². The molecule has 1 atom stereocenters. The largest absolute Gasteiger partial charge is 0.388 e. The Bertz CT molecular complexity index is 516. The molecule has 1 unspecified atom stereocenters. The molecule has 1 heterocycles.